The molecule has 0 bridgehead atoms. The van der Waals surface area contributed by atoms with Crippen molar-refractivity contribution in [2.24, 2.45) is 17.3 Å². The molecule has 0 radical (unpaired) electrons. The first-order valence-corrected chi connectivity index (χ1v) is 7.80. The fraction of sp³-hybridized carbons (Fsp3) is 0.882. The molecular weight excluding hydrogens is 250 g/mol. The molecule has 0 aromatic heterocycles. The quantitative estimate of drug-likeness (QED) is 0.703. The van der Waals surface area contributed by atoms with E-state index in [1.807, 2.05) is 41.5 Å². The highest BCUT2D eigenvalue weighted by Gasteiger charge is 2.34. The Balaban J connectivity index is 4.86. The summed E-state index contributed by atoms with van der Waals surface area (Å²) < 4.78 is 0. The second-order valence-corrected chi connectivity index (χ2v) is 7.55. The molecule has 0 heterocycles. The van der Waals surface area contributed by atoms with E-state index < -0.39 is 5.41 Å². The fourth-order valence-electron chi connectivity index (χ4n) is 2.59. The molecule has 3 nitrogen and oxygen atoms in total. The van der Waals surface area contributed by atoms with Crippen LogP contribution < -0.4 is 5.32 Å². The third-order valence-electron chi connectivity index (χ3n) is 3.44. The van der Waals surface area contributed by atoms with Crippen molar-refractivity contribution in [1.82, 2.24) is 5.32 Å². The van der Waals surface area contributed by atoms with Gasteiger partial charge in [-0.05, 0) is 12.3 Å². The zero-order chi connectivity index (χ0) is 16.1. The van der Waals surface area contributed by atoms with Crippen LogP contribution in [0.15, 0.2) is 0 Å². The molecule has 0 aliphatic rings. The van der Waals surface area contributed by atoms with Gasteiger partial charge in [-0.2, -0.15) is 0 Å². The van der Waals surface area contributed by atoms with Crippen molar-refractivity contribution in [3.63, 3.8) is 0 Å². The summed E-state index contributed by atoms with van der Waals surface area (Å²) in [7, 11) is 0. The predicted molar refractivity (Wildman–Crippen MR) is 84.8 cm³/mol. The van der Waals surface area contributed by atoms with Crippen LogP contribution in [0.3, 0.4) is 0 Å². The van der Waals surface area contributed by atoms with Crippen molar-refractivity contribution in [3.05, 3.63) is 0 Å². The topological polar surface area (TPSA) is 46.2 Å². The molecule has 0 unspecified atom stereocenters. The van der Waals surface area contributed by atoms with E-state index in [4.69, 9.17) is 0 Å². The van der Waals surface area contributed by atoms with Crippen molar-refractivity contribution in [1.29, 1.82) is 0 Å². The van der Waals surface area contributed by atoms with Crippen molar-refractivity contribution < 1.29 is 9.59 Å². The lowest BCUT2D eigenvalue weighted by Crippen LogP contribution is -2.44. The Hall–Kier alpha value is -0.700. The molecule has 20 heavy (non-hydrogen) atoms. The first kappa shape index (κ1) is 19.3. The van der Waals surface area contributed by atoms with Crippen molar-refractivity contribution in [3.8, 4) is 0 Å². The van der Waals surface area contributed by atoms with Gasteiger partial charge in [0, 0.05) is 23.8 Å². The zero-order valence-corrected chi connectivity index (χ0v) is 14.5. The highest BCUT2D eigenvalue weighted by Crippen LogP contribution is 2.27. The van der Waals surface area contributed by atoms with Crippen LogP contribution >= 0.6 is 0 Å². The molecule has 0 rings (SSSR count). The first-order chi connectivity index (χ1) is 8.97. The van der Waals surface area contributed by atoms with Gasteiger partial charge in [0.2, 0.25) is 0 Å². The van der Waals surface area contributed by atoms with Gasteiger partial charge in [-0.1, -0.05) is 55.4 Å². The number of Topliss-reactive ketones (excluding diaryl/α,β-unsaturated/α-hetero) is 2. The minimum absolute atomic E-state index is 0.0283. The maximum absolute atomic E-state index is 12.5. The van der Waals surface area contributed by atoms with E-state index in [0.717, 1.165) is 6.42 Å². The number of nitrogens with one attached hydrogen (secondary N) is 1. The minimum atomic E-state index is -0.570. The van der Waals surface area contributed by atoms with Crippen LogP contribution in [0.1, 0.15) is 68.2 Å². The average molecular weight is 283 g/mol. The monoisotopic (exact) mass is 283 g/mol. The van der Waals surface area contributed by atoms with Gasteiger partial charge in [0.25, 0.3) is 0 Å². The first-order valence-electron chi connectivity index (χ1n) is 7.80. The lowest BCUT2D eigenvalue weighted by Gasteiger charge is -2.28. The molecule has 0 spiro atoms. The Bertz CT molecular complexity index is 320. The summed E-state index contributed by atoms with van der Waals surface area (Å²) in [6, 6.07) is 0.126. The van der Waals surface area contributed by atoms with E-state index in [0.29, 0.717) is 12.3 Å². The van der Waals surface area contributed by atoms with Gasteiger partial charge in [-0.3, -0.25) is 9.59 Å². The van der Waals surface area contributed by atoms with Gasteiger partial charge in [0.05, 0.1) is 6.04 Å². The maximum Gasteiger partial charge on any atom is 0.150 e. The summed E-state index contributed by atoms with van der Waals surface area (Å²) in [5, 5.41) is 3.34. The highest BCUT2D eigenvalue weighted by atomic mass is 16.1. The summed E-state index contributed by atoms with van der Waals surface area (Å²) >= 11 is 0. The van der Waals surface area contributed by atoms with Gasteiger partial charge in [-0.25, -0.2) is 0 Å². The number of hydrogen-bond acceptors (Lipinski definition) is 3. The Morgan fingerprint density at radius 1 is 1.00 bits per heavy atom. The number of ketones is 2. The van der Waals surface area contributed by atoms with E-state index >= 15 is 0 Å². The molecular formula is C17H33NO2. The summed E-state index contributed by atoms with van der Waals surface area (Å²) in [5.74, 6) is 0.753. The summed E-state index contributed by atoms with van der Waals surface area (Å²) in [6.45, 7) is 15.9. The largest absolute Gasteiger partial charge is 0.305 e. The van der Waals surface area contributed by atoms with Gasteiger partial charge in [-0.15, -0.1) is 0 Å². The SMILES string of the molecule is CC(C)C[C@H](NC(C)C)C(=O)CC(C)(C)C(=O)C(C)C. The predicted octanol–water partition coefficient (Wildman–Crippen LogP) is 3.61. The summed E-state index contributed by atoms with van der Waals surface area (Å²) in [6.07, 6.45) is 1.14. The van der Waals surface area contributed by atoms with Crippen LogP contribution in [0.25, 0.3) is 0 Å². The normalized spacial score (nSPS) is 14.2. The van der Waals surface area contributed by atoms with Crippen molar-refractivity contribution >= 4 is 11.6 Å². The second-order valence-electron chi connectivity index (χ2n) is 7.55. The Morgan fingerprint density at radius 3 is 1.85 bits per heavy atom. The number of hydrogen-bond donors (Lipinski definition) is 1. The molecule has 0 amide bonds. The van der Waals surface area contributed by atoms with Crippen LogP contribution in [-0.2, 0) is 9.59 Å². The average Bonchev–Trinajstić information content (AvgIpc) is 2.24. The van der Waals surface area contributed by atoms with Gasteiger partial charge in [0.15, 0.2) is 5.78 Å². The summed E-state index contributed by atoms with van der Waals surface area (Å²) in [5.41, 5.74) is -0.570. The lowest BCUT2D eigenvalue weighted by molar-refractivity contribution is -0.135. The standard InChI is InChI=1S/C17H33NO2/c1-11(2)9-14(18-13(5)6)15(19)10-17(7,8)16(20)12(3)4/h11-14,18H,9-10H2,1-8H3/t14-/m0/s1. The molecule has 3 heteroatoms. The van der Waals surface area contributed by atoms with Crippen LogP contribution in [0.4, 0.5) is 0 Å². The maximum atomic E-state index is 12.5. The third-order valence-corrected chi connectivity index (χ3v) is 3.44. The number of carbonyl (C=O) groups is 2. The smallest absolute Gasteiger partial charge is 0.150 e. The molecule has 0 fully saturated rings. The Kier molecular flexibility index (Phi) is 7.64. The summed E-state index contributed by atoms with van der Waals surface area (Å²) in [4.78, 5) is 24.7. The number of rotatable bonds is 9. The highest BCUT2D eigenvalue weighted by molar-refractivity contribution is 5.93. The van der Waals surface area contributed by atoms with E-state index in [2.05, 4.69) is 19.2 Å². The molecule has 1 atom stereocenters. The van der Waals surface area contributed by atoms with Gasteiger partial charge < -0.3 is 5.32 Å². The van der Waals surface area contributed by atoms with Crippen molar-refractivity contribution in [2.45, 2.75) is 80.3 Å². The molecule has 0 aromatic carbocycles. The van der Waals surface area contributed by atoms with E-state index in [-0.39, 0.29) is 29.6 Å². The van der Waals surface area contributed by atoms with Crippen LogP contribution in [0, 0.1) is 17.3 Å². The van der Waals surface area contributed by atoms with Gasteiger partial charge in [0.1, 0.15) is 5.78 Å². The van der Waals surface area contributed by atoms with Crippen LogP contribution in [-0.4, -0.2) is 23.7 Å². The molecule has 0 saturated carbocycles. The molecule has 1 N–H and O–H groups in total. The zero-order valence-electron chi connectivity index (χ0n) is 14.5. The molecule has 118 valence electrons. The fourth-order valence-corrected chi connectivity index (χ4v) is 2.59. The molecule has 0 saturated heterocycles. The van der Waals surface area contributed by atoms with Crippen LogP contribution in [0.2, 0.25) is 0 Å². The molecule has 0 aliphatic carbocycles. The van der Waals surface area contributed by atoms with Crippen LogP contribution in [0.5, 0.6) is 0 Å². The van der Waals surface area contributed by atoms with E-state index in [1.165, 1.54) is 0 Å². The van der Waals surface area contributed by atoms with E-state index in [1.54, 1.807) is 0 Å². The van der Waals surface area contributed by atoms with Crippen molar-refractivity contribution in [2.75, 3.05) is 0 Å². The molecule has 0 aromatic rings. The second kappa shape index (κ2) is 7.92. The van der Waals surface area contributed by atoms with Gasteiger partial charge >= 0.3 is 0 Å². The third kappa shape index (κ3) is 6.65. The number of carbonyl (C=O) groups excluding carboxylic acids is 2. The van der Waals surface area contributed by atoms with E-state index in [9.17, 15) is 9.59 Å². The Labute approximate surface area is 124 Å². The minimum Gasteiger partial charge on any atom is -0.305 e. The molecule has 0 aliphatic heterocycles. The Morgan fingerprint density at radius 2 is 1.50 bits per heavy atom. The lowest BCUT2D eigenvalue weighted by atomic mass is 9.77.